The summed E-state index contributed by atoms with van der Waals surface area (Å²) in [6, 6.07) is 0.401. The van der Waals surface area contributed by atoms with Crippen LogP contribution in [0.5, 0.6) is 0 Å². The van der Waals surface area contributed by atoms with Gasteiger partial charge in [-0.25, -0.2) is 0 Å². The summed E-state index contributed by atoms with van der Waals surface area (Å²) in [7, 11) is 1.69. The molecule has 2 aliphatic rings. The molecule has 0 unspecified atom stereocenters. The van der Waals surface area contributed by atoms with Crippen molar-refractivity contribution in [2.24, 2.45) is 4.99 Å². The van der Waals surface area contributed by atoms with Gasteiger partial charge in [-0.15, -0.1) is 24.0 Å². The fourth-order valence-corrected chi connectivity index (χ4v) is 4.12. The molecule has 1 saturated heterocycles. The van der Waals surface area contributed by atoms with E-state index in [-0.39, 0.29) is 35.5 Å². The maximum atomic E-state index is 11.6. The van der Waals surface area contributed by atoms with E-state index in [1.807, 2.05) is 0 Å². The van der Waals surface area contributed by atoms with E-state index in [0.717, 1.165) is 70.8 Å². The second-order valence-corrected chi connectivity index (χ2v) is 8.16. The number of ether oxygens (including phenoxy) is 1. The molecule has 7 nitrogen and oxygen atoms in total. The number of nitrogens with zero attached hydrogens (tertiary/aromatic N) is 2. The minimum absolute atomic E-state index is 0. The van der Waals surface area contributed by atoms with Crippen LogP contribution in [-0.4, -0.2) is 74.8 Å². The van der Waals surface area contributed by atoms with Gasteiger partial charge in [0.2, 0.25) is 5.91 Å². The first-order valence-electron chi connectivity index (χ1n) is 11.2. The maximum Gasteiger partial charge on any atom is 0.233 e. The highest BCUT2D eigenvalue weighted by molar-refractivity contribution is 14.0. The number of hydrogen-bond acceptors (Lipinski definition) is 4. The van der Waals surface area contributed by atoms with Crippen LogP contribution in [0.15, 0.2) is 4.99 Å². The monoisotopic (exact) mass is 523 g/mol. The third-order valence-electron chi connectivity index (χ3n) is 5.82. The minimum atomic E-state index is -0.0759. The second-order valence-electron chi connectivity index (χ2n) is 8.16. The van der Waals surface area contributed by atoms with Crippen molar-refractivity contribution in [1.82, 2.24) is 20.9 Å². The lowest BCUT2D eigenvalue weighted by Crippen LogP contribution is -2.50. The summed E-state index contributed by atoms with van der Waals surface area (Å²) in [5, 5.41) is 9.72. The molecule has 1 amide bonds. The van der Waals surface area contributed by atoms with E-state index in [9.17, 15) is 4.79 Å². The molecule has 0 aromatic carbocycles. The molecule has 1 heterocycles. The zero-order valence-corrected chi connectivity index (χ0v) is 20.9. The predicted molar refractivity (Wildman–Crippen MR) is 130 cm³/mol. The van der Waals surface area contributed by atoms with Gasteiger partial charge in [-0.3, -0.25) is 14.7 Å². The number of carbonyl (C=O) groups is 1. The Balaban J connectivity index is 0.00000420. The molecule has 1 saturated carbocycles. The fraction of sp³-hybridized carbons (Fsp3) is 0.905. The van der Waals surface area contributed by atoms with Gasteiger partial charge in [-0.05, 0) is 39.0 Å². The molecule has 2 fully saturated rings. The van der Waals surface area contributed by atoms with Gasteiger partial charge in [-0.1, -0.05) is 26.2 Å². The largest absolute Gasteiger partial charge is 0.373 e. The molecular formula is C21H42IN5O2. The Bertz CT molecular complexity index is 489. The summed E-state index contributed by atoms with van der Waals surface area (Å²) in [5.41, 5.74) is -0.0759. The zero-order valence-electron chi connectivity index (χ0n) is 18.6. The van der Waals surface area contributed by atoms with Gasteiger partial charge >= 0.3 is 0 Å². The first-order valence-corrected chi connectivity index (χ1v) is 11.2. The van der Waals surface area contributed by atoms with E-state index in [2.05, 4.69) is 34.7 Å². The summed E-state index contributed by atoms with van der Waals surface area (Å²) in [6.07, 6.45) is 9.14. The standard InChI is InChI=1S/C21H41N5O2.HI/c1-4-15-28-21(11-7-6-8-12-21)17-24-20(23-5-2)25-18-9-13-26(14-10-18)16-19(27)22-3;/h18H,4-17H2,1-3H3,(H,22,27)(H2,23,24,25);1H. The van der Waals surface area contributed by atoms with E-state index in [4.69, 9.17) is 9.73 Å². The highest BCUT2D eigenvalue weighted by Crippen LogP contribution is 2.32. The first kappa shape index (κ1) is 26.4. The number of piperidine rings is 1. The predicted octanol–water partition coefficient (Wildman–Crippen LogP) is 2.50. The Hall–Kier alpha value is -0.610. The quantitative estimate of drug-likeness (QED) is 0.246. The molecule has 0 atom stereocenters. The fourth-order valence-electron chi connectivity index (χ4n) is 4.12. The SMILES string of the molecule is CCCOC1(CN=C(NCC)NC2CCN(CC(=O)NC)CC2)CCCCC1.I. The van der Waals surface area contributed by atoms with Crippen molar-refractivity contribution < 1.29 is 9.53 Å². The van der Waals surface area contributed by atoms with Gasteiger partial charge in [0, 0.05) is 39.3 Å². The smallest absolute Gasteiger partial charge is 0.233 e. The van der Waals surface area contributed by atoms with Crippen molar-refractivity contribution in [2.45, 2.75) is 76.9 Å². The molecule has 0 spiro atoms. The highest BCUT2D eigenvalue weighted by Gasteiger charge is 2.33. The number of carbonyl (C=O) groups excluding carboxylic acids is 1. The van der Waals surface area contributed by atoms with Gasteiger partial charge in [-0.2, -0.15) is 0 Å². The summed E-state index contributed by atoms with van der Waals surface area (Å²) >= 11 is 0. The summed E-state index contributed by atoms with van der Waals surface area (Å²) in [5.74, 6) is 0.989. The second kappa shape index (κ2) is 14.4. The molecule has 0 aromatic rings. The van der Waals surface area contributed by atoms with Crippen LogP contribution in [0, 0.1) is 0 Å². The maximum absolute atomic E-state index is 11.6. The van der Waals surface area contributed by atoms with E-state index < -0.39 is 0 Å². The Morgan fingerprint density at radius 1 is 1.17 bits per heavy atom. The first-order chi connectivity index (χ1) is 13.6. The normalized spacial score (nSPS) is 20.6. The number of rotatable bonds is 9. The van der Waals surface area contributed by atoms with Crippen molar-refractivity contribution in [3.63, 3.8) is 0 Å². The third kappa shape index (κ3) is 9.38. The highest BCUT2D eigenvalue weighted by atomic mass is 127. The van der Waals surface area contributed by atoms with Crippen molar-refractivity contribution >= 4 is 35.8 Å². The average molecular weight is 524 g/mol. The molecule has 3 N–H and O–H groups in total. The van der Waals surface area contributed by atoms with E-state index in [1.54, 1.807) is 7.05 Å². The zero-order chi connectivity index (χ0) is 20.2. The van der Waals surface area contributed by atoms with Crippen molar-refractivity contribution in [2.75, 3.05) is 46.4 Å². The Kier molecular flexibility index (Phi) is 13.1. The lowest BCUT2D eigenvalue weighted by molar-refractivity contribution is -0.122. The molecule has 1 aliphatic heterocycles. The number of likely N-dealkylation sites (tertiary alicyclic amines) is 1. The lowest BCUT2D eigenvalue weighted by atomic mass is 9.84. The molecular weight excluding hydrogens is 481 g/mol. The van der Waals surface area contributed by atoms with Crippen LogP contribution < -0.4 is 16.0 Å². The van der Waals surface area contributed by atoms with Crippen LogP contribution in [0.1, 0.15) is 65.2 Å². The van der Waals surface area contributed by atoms with Crippen molar-refractivity contribution in [3.05, 3.63) is 0 Å². The lowest BCUT2D eigenvalue weighted by Gasteiger charge is -2.36. The van der Waals surface area contributed by atoms with Crippen LogP contribution in [0.4, 0.5) is 0 Å². The molecule has 0 aromatic heterocycles. The average Bonchev–Trinajstić information content (AvgIpc) is 2.73. The van der Waals surface area contributed by atoms with E-state index >= 15 is 0 Å². The van der Waals surface area contributed by atoms with Crippen LogP contribution in [-0.2, 0) is 9.53 Å². The summed E-state index contributed by atoms with van der Waals surface area (Å²) < 4.78 is 6.29. The van der Waals surface area contributed by atoms with Gasteiger partial charge in [0.15, 0.2) is 5.96 Å². The topological polar surface area (TPSA) is 78.0 Å². The van der Waals surface area contributed by atoms with E-state index in [0.29, 0.717) is 12.6 Å². The number of amides is 1. The Labute approximate surface area is 194 Å². The molecule has 29 heavy (non-hydrogen) atoms. The van der Waals surface area contributed by atoms with Crippen LogP contribution in [0.2, 0.25) is 0 Å². The molecule has 0 bridgehead atoms. The Morgan fingerprint density at radius 2 is 1.86 bits per heavy atom. The van der Waals surface area contributed by atoms with Crippen LogP contribution >= 0.6 is 24.0 Å². The van der Waals surface area contributed by atoms with Gasteiger partial charge in [0.05, 0.1) is 18.7 Å². The third-order valence-corrected chi connectivity index (χ3v) is 5.82. The van der Waals surface area contributed by atoms with Gasteiger partial charge in [0.1, 0.15) is 0 Å². The molecule has 1 aliphatic carbocycles. The molecule has 2 rings (SSSR count). The minimum Gasteiger partial charge on any atom is -0.373 e. The number of likely N-dealkylation sites (N-methyl/N-ethyl adjacent to an activating group) is 1. The number of hydrogen-bond donors (Lipinski definition) is 3. The van der Waals surface area contributed by atoms with Crippen LogP contribution in [0.3, 0.4) is 0 Å². The Morgan fingerprint density at radius 3 is 2.45 bits per heavy atom. The molecule has 0 radical (unpaired) electrons. The van der Waals surface area contributed by atoms with Gasteiger partial charge in [0.25, 0.3) is 0 Å². The summed E-state index contributed by atoms with van der Waals surface area (Å²) in [6.45, 7) is 9.05. The summed E-state index contributed by atoms with van der Waals surface area (Å²) in [4.78, 5) is 18.7. The van der Waals surface area contributed by atoms with Gasteiger partial charge < -0.3 is 20.7 Å². The van der Waals surface area contributed by atoms with Crippen molar-refractivity contribution in [1.29, 1.82) is 0 Å². The van der Waals surface area contributed by atoms with Crippen molar-refractivity contribution in [3.8, 4) is 0 Å². The van der Waals surface area contributed by atoms with Crippen LogP contribution in [0.25, 0.3) is 0 Å². The number of halogens is 1. The molecule has 170 valence electrons. The number of aliphatic imine (C=N–C) groups is 1. The molecule has 8 heteroatoms. The number of nitrogens with one attached hydrogen (secondary N) is 3. The number of guanidine groups is 1. The van der Waals surface area contributed by atoms with E-state index in [1.165, 1.54) is 19.3 Å².